The lowest BCUT2D eigenvalue weighted by atomic mass is 10.00. The van der Waals surface area contributed by atoms with Crippen LogP contribution in [0.1, 0.15) is 11.1 Å². The Morgan fingerprint density at radius 2 is 0.909 bits per heavy atom. The van der Waals surface area contributed by atoms with Crippen LogP contribution in [0.25, 0.3) is 22.1 Å². The molecule has 4 aromatic rings. The average Bonchev–Trinajstić information content (AvgIpc) is 3.20. The zero-order chi connectivity index (χ0) is 15.1. The van der Waals surface area contributed by atoms with E-state index in [0.29, 0.717) is 0 Å². The van der Waals surface area contributed by atoms with E-state index in [1.54, 1.807) is 0 Å². The first-order chi connectivity index (χ1) is 10.8. The van der Waals surface area contributed by atoms with Crippen LogP contribution in [0.3, 0.4) is 0 Å². The normalized spacial score (nSPS) is 11.2. The van der Waals surface area contributed by atoms with E-state index in [-0.39, 0.29) is 0 Å². The summed E-state index contributed by atoms with van der Waals surface area (Å²) in [7, 11) is 0. The maximum absolute atomic E-state index is 2.24. The minimum absolute atomic E-state index is 1.26. The van der Waals surface area contributed by atoms with Crippen LogP contribution in [0.4, 0.5) is 0 Å². The molecule has 0 bridgehead atoms. The Bertz CT molecular complexity index is 850. The number of hydrogen-bond acceptors (Lipinski definition) is 0. The molecule has 0 unspecified atom stereocenters. The number of hydrogen-bond donors (Lipinski definition) is 0. The monoisotopic (exact) mass is 286 g/mol. The third-order valence-corrected chi connectivity index (χ3v) is 4.27. The van der Waals surface area contributed by atoms with Gasteiger partial charge in [0.05, 0.1) is 11.4 Å². The summed E-state index contributed by atoms with van der Waals surface area (Å²) in [5.41, 5.74) is 5.09. The highest BCUT2D eigenvalue weighted by Gasteiger charge is 2.12. The molecule has 2 nitrogen and oxygen atoms in total. The molecule has 0 aliphatic rings. The fourth-order valence-electron chi connectivity index (χ4n) is 3.24. The molecular weight excluding hydrogens is 268 g/mol. The third kappa shape index (κ3) is 1.88. The Hall–Kier alpha value is -2.74. The second kappa shape index (κ2) is 4.92. The van der Waals surface area contributed by atoms with E-state index in [1.807, 2.05) is 0 Å². The summed E-state index contributed by atoms with van der Waals surface area (Å²) >= 11 is 0. The van der Waals surface area contributed by atoms with Crippen LogP contribution in [0, 0.1) is 13.8 Å². The SMILES string of the molecule is Cc1ccc2c(-n3cccc3)c(C)ccc2c1-n1cccc1. The van der Waals surface area contributed by atoms with Gasteiger partial charge in [-0.15, -0.1) is 0 Å². The molecule has 0 spiro atoms. The fraction of sp³-hybridized carbons (Fsp3) is 0.100. The molecule has 2 aromatic heterocycles. The first-order valence-corrected chi connectivity index (χ1v) is 7.55. The lowest BCUT2D eigenvalue weighted by Crippen LogP contribution is -2.00. The molecule has 2 heteroatoms. The third-order valence-electron chi connectivity index (χ3n) is 4.27. The molecule has 0 saturated carbocycles. The Morgan fingerprint density at radius 3 is 1.27 bits per heavy atom. The number of benzene rings is 2. The Labute approximate surface area is 130 Å². The minimum Gasteiger partial charge on any atom is -0.323 e. The van der Waals surface area contributed by atoms with E-state index in [0.717, 1.165) is 0 Å². The van der Waals surface area contributed by atoms with E-state index in [9.17, 15) is 0 Å². The predicted octanol–water partition coefficient (Wildman–Crippen LogP) is 5.04. The van der Waals surface area contributed by atoms with Gasteiger partial charge < -0.3 is 9.13 Å². The summed E-state index contributed by atoms with van der Waals surface area (Å²) in [5.74, 6) is 0. The van der Waals surface area contributed by atoms with Crippen molar-refractivity contribution in [3.63, 3.8) is 0 Å². The Morgan fingerprint density at radius 1 is 0.545 bits per heavy atom. The molecule has 2 heterocycles. The van der Waals surface area contributed by atoms with Crippen molar-refractivity contribution >= 4 is 10.8 Å². The van der Waals surface area contributed by atoms with Gasteiger partial charge in [0.2, 0.25) is 0 Å². The standard InChI is InChI=1S/C20H18N2/c1-15-7-9-18-17(19(15)21-11-3-4-12-21)10-8-16(2)20(18)22-13-5-6-14-22/h3-14H,1-2H3. The quantitative estimate of drug-likeness (QED) is 0.488. The number of aryl methyl sites for hydroxylation is 2. The van der Waals surface area contributed by atoms with Crippen LogP contribution in [-0.2, 0) is 0 Å². The molecule has 0 aliphatic heterocycles. The maximum atomic E-state index is 2.24. The molecule has 0 amide bonds. The number of rotatable bonds is 2. The first-order valence-electron chi connectivity index (χ1n) is 7.55. The topological polar surface area (TPSA) is 9.86 Å². The molecule has 0 aliphatic carbocycles. The highest BCUT2D eigenvalue weighted by molar-refractivity contribution is 5.98. The zero-order valence-electron chi connectivity index (χ0n) is 12.8. The summed E-state index contributed by atoms with van der Waals surface area (Å²) in [5, 5.41) is 2.57. The van der Waals surface area contributed by atoms with Crippen molar-refractivity contribution in [3.05, 3.63) is 84.4 Å². The van der Waals surface area contributed by atoms with Crippen molar-refractivity contribution in [2.75, 3.05) is 0 Å². The van der Waals surface area contributed by atoms with Crippen LogP contribution in [-0.4, -0.2) is 9.13 Å². The lowest BCUT2D eigenvalue weighted by molar-refractivity contribution is 1.06. The van der Waals surface area contributed by atoms with Crippen LogP contribution in [0.15, 0.2) is 73.3 Å². The molecule has 0 atom stereocenters. The van der Waals surface area contributed by atoms with E-state index < -0.39 is 0 Å². The van der Waals surface area contributed by atoms with Crippen LogP contribution < -0.4 is 0 Å². The number of fused-ring (bicyclic) bond motifs is 1. The van der Waals surface area contributed by atoms with Crippen LogP contribution in [0.2, 0.25) is 0 Å². The summed E-state index contributed by atoms with van der Waals surface area (Å²) in [6, 6.07) is 17.2. The molecular formula is C20H18N2. The number of nitrogens with zero attached hydrogens (tertiary/aromatic N) is 2. The second-order valence-corrected chi connectivity index (χ2v) is 5.74. The van der Waals surface area contributed by atoms with Crippen LogP contribution >= 0.6 is 0 Å². The largest absolute Gasteiger partial charge is 0.323 e. The van der Waals surface area contributed by atoms with Crippen molar-refractivity contribution in [2.24, 2.45) is 0 Å². The van der Waals surface area contributed by atoms with Gasteiger partial charge in [-0.2, -0.15) is 0 Å². The summed E-state index contributed by atoms with van der Waals surface area (Å²) in [6.07, 6.45) is 8.43. The summed E-state index contributed by atoms with van der Waals surface area (Å²) in [6.45, 7) is 4.34. The molecule has 2 aromatic carbocycles. The van der Waals surface area contributed by atoms with Crippen molar-refractivity contribution < 1.29 is 0 Å². The fourth-order valence-corrected chi connectivity index (χ4v) is 3.24. The summed E-state index contributed by atoms with van der Waals surface area (Å²) < 4.78 is 4.40. The van der Waals surface area contributed by atoms with E-state index >= 15 is 0 Å². The predicted molar refractivity (Wildman–Crippen MR) is 92.1 cm³/mol. The number of aromatic nitrogens is 2. The maximum Gasteiger partial charge on any atom is 0.0557 e. The van der Waals surface area contributed by atoms with Gasteiger partial charge >= 0.3 is 0 Å². The molecule has 0 fully saturated rings. The molecule has 108 valence electrons. The molecule has 0 saturated heterocycles. The second-order valence-electron chi connectivity index (χ2n) is 5.74. The highest BCUT2D eigenvalue weighted by Crippen LogP contribution is 2.32. The lowest BCUT2D eigenvalue weighted by Gasteiger charge is -2.16. The molecule has 22 heavy (non-hydrogen) atoms. The smallest absolute Gasteiger partial charge is 0.0557 e. The van der Waals surface area contributed by atoms with Gasteiger partial charge in [-0.25, -0.2) is 0 Å². The van der Waals surface area contributed by atoms with Crippen molar-refractivity contribution in [1.29, 1.82) is 0 Å². The Kier molecular flexibility index (Phi) is 2.90. The van der Waals surface area contributed by atoms with Gasteiger partial charge in [0.15, 0.2) is 0 Å². The van der Waals surface area contributed by atoms with Crippen LogP contribution in [0.5, 0.6) is 0 Å². The molecule has 4 rings (SSSR count). The molecule has 0 N–H and O–H groups in total. The summed E-state index contributed by atoms with van der Waals surface area (Å²) in [4.78, 5) is 0. The highest BCUT2D eigenvalue weighted by atomic mass is 15.0. The molecule has 0 radical (unpaired) electrons. The van der Waals surface area contributed by atoms with Gasteiger partial charge in [-0.1, -0.05) is 24.3 Å². The zero-order valence-corrected chi connectivity index (χ0v) is 12.8. The van der Waals surface area contributed by atoms with Crippen molar-refractivity contribution in [2.45, 2.75) is 13.8 Å². The first kappa shape index (κ1) is 13.0. The van der Waals surface area contributed by atoms with E-state index in [2.05, 4.69) is 96.3 Å². The minimum atomic E-state index is 1.26. The van der Waals surface area contributed by atoms with Gasteiger partial charge in [0.1, 0.15) is 0 Å². The van der Waals surface area contributed by atoms with Gasteiger partial charge in [-0.3, -0.25) is 0 Å². The van der Waals surface area contributed by atoms with Crippen molar-refractivity contribution in [1.82, 2.24) is 9.13 Å². The van der Waals surface area contributed by atoms with Gasteiger partial charge in [0, 0.05) is 35.6 Å². The van der Waals surface area contributed by atoms with E-state index in [1.165, 1.54) is 33.3 Å². The Balaban J connectivity index is 2.12. The van der Waals surface area contributed by atoms with E-state index in [4.69, 9.17) is 0 Å². The van der Waals surface area contributed by atoms with Crippen molar-refractivity contribution in [3.8, 4) is 11.4 Å². The van der Waals surface area contributed by atoms with Gasteiger partial charge in [0.25, 0.3) is 0 Å². The average molecular weight is 286 g/mol. The van der Waals surface area contributed by atoms with Gasteiger partial charge in [-0.05, 0) is 49.2 Å².